The van der Waals surface area contributed by atoms with Crippen LogP contribution in [0.3, 0.4) is 0 Å². The van der Waals surface area contributed by atoms with Gasteiger partial charge in [0.25, 0.3) is 0 Å². The molecule has 0 aromatic carbocycles. The fourth-order valence-corrected chi connectivity index (χ4v) is 0.715. The van der Waals surface area contributed by atoms with Gasteiger partial charge in [-0.25, -0.2) is 0 Å². The molecule has 7 heteroatoms. The zero-order chi connectivity index (χ0) is 10.7. The Morgan fingerprint density at radius 3 is 1.64 bits per heavy atom. The summed E-state index contributed by atoms with van der Waals surface area (Å²) in [6.07, 6.45) is 6.08. The Balaban J connectivity index is -0.000000177. The minimum Gasteiger partial charge on any atom is -0.396 e. The summed E-state index contributed by atoms with van der Waals surface area (Å²) in [4.78, 5) is 0. The lowest BCUT2D eigenvalue weighted by molar-refractivity contribution is 0.282. The van der Waals surface area contributed by atoms with Crippen LogP contribution in [-0.2, 0) is 10.4 Å². The predicted octanol–water partition coefficient (Wildman–Crippen LogP) is 1.46. The van der Waals surface area contributed by atoms with Crippen molar-refractivity contribution in [2.45, 2.75) is 39.0 Å². The molecule has 6 nitrogen and oxygen atoms in total. The highest BCUT2D eigenvalue weighted by Gasteiger charge is 1.85. The summed E-state index contributed by atoms with van der Waals surface area (Å²) < 4.78 is 31.6. The lowest BCUT2D eigenvalue weighted by Crippen LogP contribution is -1.89. The minimum absolute atomic E-state index is 0. The second-order valence-electron chi connectivity index (χ2n) is 2.59. The molecule has 90 valence electrons. The van der Waals surface area contributed by atoms with E-state index in [9.17, 15) is 0 Å². The topological polar surface area (TPSA) is 130 Å². The van der Waals surface area contributed by atoms with Crippen molar-refractivity contribution in [1.82, 2.24) is 6.15 Å². The van der Waals surface area contributed by atoms with E-state index in [-0.39, 0.29) is 6.15 Å². The van der Waals surface area contributed by atoms with Gasteiger partial charge in [-0.2, -0.15) is 8.42 Å². The van der Waals surface area contributed by atoms with Gasteiger partial charge in [-0.15, -0.1) is 0 Å². The molecule has 0 aliphatic rings. The summed E-state index contributed by atoms with van der Waals surface area (Å²) in [5, 5.41) is 8.37. The number of unbranched alkanes of at least 4 members (excludes halogenated alkanes) is 4. The van der Waals surface area contributed by atoms with Gasteiger partial charge < -0.3 is 11.3 Å². The molecule has 0 spiro atoms. The number of hydrogen-bond acceptors (Lipinski definition) is 4. The van der Waals surface area contributed by atoms with Gasteiger partial charge in [0.05, 0.1) is 0 Å². The number of aliphatic hydroxyl groups excluding tert-OH is 1. The normalized spacial score (nSPS) is 9.71. The highest BCUT2D eigenvalue weighted by molar-refractivity contribution is 7.79. The van der Waals surface area contributed by atoms with Gasteiger partial charge in [0.2, 0.25) is 0 Å². The Kier molecular flexibility index (Phi) is 17.7. The summed E-state index contributed by atoms with van der Waals surface area (Å²) >= 11 is 0. The van der Waals surface area contributed by atoms with Crippen molar-refractivity contribution < 1.29 is 22.6 Å². The van der Waals surface area contributed by atoms with Crippen molar-refractivity contribution >= 4 is 10.4 Å². The van der Waals surface area contributed by atoms with Crippen LogP contribution in [0.1, 0.15) is 39.0 Å². The van der Waals surface area contributed by atoms with E-state index in [1.807, 2.05) is 0 Å². The first-order chi connectivity index (χ1) is 5.91. The molecule has 0 saturated carbocycles. The van der Waals surface area contributed by atoms with Gasteiger partial charge in [0.1, 0.15) is 0 Å². The SMILES string of the molecule is CCCCCCCO.N.O=S(=O)(O)O. The van der Waals surface area contributed by atoms with Gasteiger partial charge in [0.15, 0.2) is 0 Å². The van der Waals surface area contributed by atoms with E-state index >= 15 is 0 Å². The van der Waals surface area contributed by atoms with E-state index < -0.39 is 10.4 Å². The van der Waals surface area contributed by atoms with Crippen molar-refractivity contribution in [2.75, 3.05) is 6.61 Å². The Labute approximate surface area is 85.5 Å². The molecule has 0 saturated heterocycles. The molecule has 0 aromatic rings. The first-order valence-electron chi connectivity index (χ1n) is 4.22. The van der Waals surface area contributed by atoms with Gasteiger partial charge in [-0.05, 0) is 6.42 Å². The number of hydrogen-bond donors (Lipinski definition) is 4. The van der Waals surface area contributed by atoms with Crippen LogP contribution >= 0.6 is 0 Å². The highest BCUT2D eigenvalue weighted by Crippen LogP contribution is 2.00. The van der Waals surface area contributed by atoms with Crippen LogP contribution in [0.2, 0.25) is 0 Å². The van der Waals surface area contributed by atoms with Crippen LogP contribution in [0, 0.1) is 0 Å². The molecule has 0 unspecified atom stereocenters. The zero-order valence-electron chi connectivity index (χ0n) is 8.52. The lowest BCUT2D eigenvalue weighted by atomic mass is 10.2. The van der Waals surface area contributed by atoms with E-state index in [2.05, 4.69) is 6.92 Å². The van der Waals surface area contributed by atoms with Crippen LogP contribution in [0.5, 0.6) is 0 Å². The molecule has 0 aromatic heterocycles. The lowest BCUT2D eigenvalue weighted by Gasteiger charge is -1.93. The Morgan fingerprint density at radius 2 is 1.36 bits per heavy atom. The standard InChI is InChI=1S/C7H16O.H3N.H2O4S/c1-2-3-4-5-6-7-8;;1-5(2,3)4/h8H,2-7H2,1H3;1H3;(H2,1,2,3,4). The Hall–Kier alpha value is -0.210. The summed E-state index contributed by atoms with van der Waals surface area (Å²) in [6.45, 7) is 2.56. The van der Waals surface area contributed by atoms with Crippen LogP contribution in [0.25, 0.3) is 0 Å². The average molecular weight is 231 g/mol. The molecule has 14 heavy (non-hydrogen) atoms. The van der Waals surface area contributed by atoms with Crippen LogP contribution in [0.4, 0.5) is 0 Å². The van der Waals surface area contributed by atoms with Crippen LogP contribution in [0.15, 0.2) is 0 Å². The molecule has 0 fully saturated rings. The fraction of sp³-hybridized carbons (Fsp3) is 1.00. The van der Waals surface area contributed by atoms with Crippen LogP contribution < -0.4 is 6.15 Å². The summed E-state index contributed by atoms with van der Waals surface area (Å²) in [6, 6.07) is 0. The van der Waals surface area contributed by atoms with Gasteiger partial charge in [0, 0.05) is 6.61 Å². The summed E-state index contributed by atoms with van der Waals surface area (Å²) in [5.41, 5.74) is 0. The van der Waals surface area contributed by atoms with E-state index in [0.29, 0.717) is 6.61 Å². The zero-order valence-corrected chi connectivity index (χ0v) is 9.33. The largest absolute Gasteiger partial charge is 0.396 e. The molecule has 6 N–H and O–H groups in total. The molecule has 0 aliphatic heterocycles. The molecule has 0 rings (SSSR count). The van der Waals surface area contributed by atoms with Crippen molar-refractivity contribution in [3.05, 3.63) is 0 Å². The maximum atomic E-state index is 8.74. The van der Waals surface area contributed by atoms with E-state index in [1.165, 1.54) is 25.7 Å². The van der Waals surface area contributed by atoms with E-state index in [4.69, 9.17) is 22.6 Å². The van der Waals surface area contributed by atoms with Crippen molar-refractivity contribution in [1.29, 1.82) is 0 Å². The fourth-order valence-electron chi connectivity index (χ4n) is 0.715. The maximum absolute atomic E-state index is 8.74. The second kappa shape index (κ2) is 12.8. The van der Waals surface area contributed by atoms with Crippen molar-refractivity contribution in [2.24, 2.45) is 0 Å². The van der Waals surface area contributed by atoms with Gasteiger partial charge in [-0.1, -0.05) is 32.6 Å². The summed E-state index contributed by atoms with van der Waals surface area (Å²) in [5.74, 6) is 0. The maximum Gasteiger partial charge on any atom is 0.394 e. The molecule has 0 heterocycles. The third-order valence-electron chi connectivity index (χ3n) is 1.26. The molecule has 0 aliphatic carbocycles. The molecule has 0 amide bonds. The minimum atomic E-state index is -4.67. The third-order valence-corrected chi connectivity index (χ3v) is 1.26. The molecular formula is C7H21NO5S. The second-order valence-corrected chi connectivity index (χ2v) is 3.48. The Morgan fingerprint density at radius 1 is 1.00 bits per heavy atom. The average Bonchev–Trinajstić information content (AvgIpc) is 1.95. The Bertz CT molecular complexity index is 167. The monoisotopic (exact) mass is 231 g/mol. The number of aliphatic hydroxyl groups is 1. The number of rotatable bonds is 5. The molecule has 0 bridgehead atoms. The van der Waals surface area contributed by atoms with Crippen molar-refractivity contribution in [3.63, 3.8) is 0 Å². The van der Waals surface area contributed by atoms with Crippen molar-refractivity contribution in [3.8, 4) is 0 Å². The van der Waals surface area contributed by atoms with E-state index in [0.717, 1.165) is 6.42 Å². The first-order valence-corrected chi connectivity index (χ1v) is 5.62. The first kappa shape index (κ1) is 19.4. The van der Waals surface area contributed by atoms with Crippen LogP contribution in [-0.4, -0.2) is 29.2 Å². The van der Waals surface area contributed by atoms with E-state index in [1.54, 1.807) is 0 Å². The molecule has 0 atom stereocenters. The van der Waals surface area contributed by atoms with Gasteiger partial charge >= 0.3 is 10.4 Å². The smallest absolute Gasteiger partial charge is 0.394 e. The third kappa shape index (κ3) is 59.8. The summed E-state index contributed by atoms with van der Waals surface area (Å²) in [7, 11) is -4.67. The molecular weight excluding hydrogens is 210 g/mol. The highest BCUT2D eigenvalue weighted by atomic mass is 32.3. The quantitative estimate of drug-likeness (QED) is 0.418. The predicted molar refractivity (Wildman–Crippen MR) is 55.0 cm³/mol. The van der Waals surface area contributed by atoms with Gasteiger partial charge in [-0.3, -0.25) is 9.11 Å². The molecule has 0 radical (unpaired) electrons.